The Kier molecular flexibility index (Phi) is 50.4. The number of hydrogen-bond donors (Lipinski definition) is 0. The lowest BCUT2D eigenvalue weighted by Gasteiger charge is -2.18. The smallest absolute Gasteiger partial charge is 0.306 e. The molecule has 0 aliphatic heterocycles. The van der Waals surface area contributed by atoms with E-state index in [1.54, 1.807) is 0 Å². The van der Waals surface area contributed by atoms with Gasteiger partial charge in [0.15, 0.2) is 6.10 Å². The molecule has 0 aromatic carbocycles. The quantitative estimate of drug-likeness (QED) is 0.0262. The number of allylic oxidation sites excluding steroid dienone is 10. The molecule has 0 radical (unpaired) electrons. The molecule has 0 saturated carbocycles. The van der Waals surface area contributed by atoms with Gasteiger partial charge in [-0.15, -0.1) is 0 Å². The molecule has 6 heteroatoms. The van der Waals surface area contributed by atoms with Crippen molar-refractivity contribution in [2.45, 2.75) is 277 Å². The molecule has 0 fully saturated rings. The third-order valence-electron chi connectivity index (χ3n) is 11.8. The summed E-state index contributed by atoms with van der Waals surface area (Å²) >= 11 is 0. The molecular formula is C58H102O6. The summed E-state index contributed by atoms with van der Waals surface area (Å²) in [5, 5.41) is 0. The van der Waals surface area contributed by atoms with Gasteiger partial charge >= 0.3 is 17.9 Å². The molecule has 0 aliphatic carbocycles. The van der Waals surface area contributed by atoms with Crippen molar-refractivity contribution in [3.63, 3.8) is 0 Å². The van der Waals surface area contributed by atoms with E-state index in [2.05, 4.69) is 81.5 Å². The Morgan fingerprint density at radius 2 is 0.625 bits per heavy atom. The molecule has 0 aromatic heterocycles. The second kappa shape index (κ2) is 52.7. The predicted octanol–water partition coefficient (Wildman–Crippen LogP) is 18.0. The van der Waals surface area contributed by atoms with E-state index in [0.29, 0.717) is 19.3 Å². The lowest BCUT2D eigenvalue weighted by Crippen LogP contribution is -2.30. The van der Waals surface area contributed by atoms with Gasteiger partial charge in [0.25, 0.3) is 0 Å². The first kappa shape index (κ1) is 61.1. The summed E-state index contributed by atoms with van der Waals surface area (Å²) in [4.78, 5) is 38.0. The molecule has 0 saturated heterocycles. The SMILES string of the molecule is CC/C=C\C/C=C\C/C=C\CCCC(=O)OCC(COC(=O)CCCCCCCCCCCCCCCCCCCC)OC(=O)CCCCCCCCC/C=C\C/C=C\CCCCC. The zero-order chi connectivity index (χ0) is 46.5. The average molecular weight is 895 g/mol. The molecule has 0 N–H and O–H groups in total. The number of carbonyl (C=O) groups excluding carboxylic acids is 3. The lowest BCUT2D eigenvalue weighted by atomic mass is 10.0. The summed E-state index contributed by atoms with van der Waals surface area (Å²) in [6.07, 6.45) is 65.1. The van der Waals surface area contributed by atoms with Gasteiger partial charge in [-0.25, -0.2) is 0 Å². The fourth-order valence-corrected chi connectivity index (χ4v) is 7.67. The van der Waals surface area contributed by atoms with Gasteiger partial charge in [0.05, 0.1) is 0 Å². The summed E-state index contributed by atoms with van der Waals surface area (Å²) in [5.41, 5.74) is 0. The minimum atomic E-state index is -0.796. The topological polar surface area (TPSA) is 78.9 Å². The third kappa shape index (κ3) is 50.1. The number of ether oxygens (including phenoxy) is 3. The highest BCUT2D eigenvalue weighted by Gasteiger charge is 2.19. The predicted molar refractivity (Wildman–Crippen MR) is 275 cm³/mol. The van der Waals surface area contributed by atoms with Gasteiger partial charge in [0.2, 0.25) is 0 Å². The number of rotatable bonds is 49. The summed E-state index contributed by atoms with van der Waals surface area (Å²) in [5.74, 6) is -0.948. The van der Waals surface area contributed by atoms with E-state index in [1.807, 2.05) is 0 Å². The Hall–Kier alpha value is -2.89. The highest BCUT2D eigenvalue weighted by atomic mass is 16.6. The van der Waals surface area contributed by atoms with Crippen LogP contribution in [0.15, 0.2) is 60.8 Å². The first-order valence-corrected chi connectivity index (χ1v) is 27.3. The van der Waals surface area contributed by atoms with Crippen LogP contribution in [0.4, 0.5) is 0 Å². The van der Waals surface area contributed by atoms with E-state index >= 15 is 0 Å². The fraction of sp³-hybridized carbons (Fsp3) is 0.776. The fourth-order valence-electron chi connectivity index (χ4n) is 7.67. The van der Waals surface area contributed by atoms with Crippen molar-refractivity contribution < 1.29 is 28.6 Å². The van der Waals surface area contributed by atoms with E-state index in [1.165, 1.54) is 148 Å². The van der Waals surface area contributed by atoms with E-state index in [-0.39, 0.29) is 37.5 Å². The van der Waals surface area contributed by atoms with Crippen LogP contribution in [0.3, 0.4) is 0 Å². The molecule has 0 heterocycles. The molecule has 0 rings (SSSR count). The molecule has 370 valence electrons. The van der Waals surface area contributed by atoms with E-state index in [9.17, 15) is 14.4 Å². The van der Waals surface area contributed by atoms with Gasteiger partial charge in [-0.1, -0.05) is 236 Å². The van der Waals surface area contributed by atoms with Crippen LogP contribution < -0.4 is 0 Å². The van der Waals surface area contributed by atoms with Crippen LogP contribution in [0.25, 0.3) is 0 Å². The molecule has 0 aromatic rings. The van der Waals surface area contributed by atoms with Crippen molar-refractivity contribution in [1.29, 1.82) is 0 Å². The van der Waals surface area contributed by atoms with Crippen LogP contribution in [0.1, 0.15) is 271 Å². The zero-order valence-corrected chi connectivity index (χ0v) is 42.3. The summed E-state index contributed by atoms with van der Waals surface area (Å²) in [6.45, 7) is 6.46. The second-order valence-electron chi connectivity index (χ2n) is 18.1. The van der Waals surface area contributed by atoms with Crippen molar-refractivity contribution in [3.05, 3.63) is 60.8 Å². The molecule has 0 amide bonds. The van der Waals surface area contributed by atoms with Crippen molar-refractivity contribution in [2.75, 3.05) is 13.2 Å². The van der Waals surface area contributed by atoms with E-state index in [0.717, 1.165) is 77.0 Å². The van der Waals surface area contributed by atoms with E-state index in [4.69, 9.17) is 14.2 Å². The minimum absolute atomic E-state index is 0.0909. The van der Waals surface area contributed by atoms with Crippen LogP contribution in [-0.4, -0.2) is 37.2 Å². The normalized spacial score (nSPS) is 12.5. The highest BCUT2D eigenvalue weighted by Crippen LogP contribution is 2.16. The maximum Gasteiger partial charge on any atom is 0.306 e. The Bertz CT molecular complexity index is 1170. The highest BCUT2D eigenvalue weighted by molar-refractivity contribution is 5.71. The molecule has 1 unspecified atom stereocenters. The van der Waals surface area contributed by atoms with Crippen molar-refractivity contribution >= 4 is 17.9 Å². The van der Waals surface area contributed by atoms with Crippen LogP contribution in [0.5, 0.6) is 0 Å². The van der Waals surface area contributed by atoms with Gasteiger partial charge in [-0.2, -0.15) is 0 Å². The summed E-state index contributed by atoms with van der Waals surface area (Å²) in [7, 11) is 0. The Balaban J connectivity index is 4.36. The van der Waals surface area contributed by atoms with Gasteiger partial charge in [0, 0.05) is 19.3 Å². The molecule has 0 spiro atoms. The molecule has 64 heavy (non-hydrogen) atoms. The van der Waals surface area contributed by atoms with Crippen LogP contribution >= 0.6 is 0 Å². The average Bonchev–Trinajstić information content (AvgIpc) is 3.29. The Morgan fingerprint density at radius 3 is 1.05 bits per heavy atom. The first-order valence-electron chi connectivity index (χ1n) is 27.3. The van der Waals surface area contributed by atoms with Gasteiger partial charge < -0.3 is 14.2 Å². The maximum absolute atomic E-state index is 12.8. The van der Waals surface area contributed by atoms with Crippen LogP contribution in [0, 0.1) is 0 Å². The molecule has 6 nitrogen and oxygen atoms in total. The third-order valence-corrected chi connectivity index (χ3v) is 11.8. The van der Waals surface area contributed by atoms with Crippen LogP contribution in [0.2, 0.25) is 0 Å². The molecule has 0 bridgehead atoms. The van der Waals surface area contributed by atoms with Gasteiger partial charge in [-0.05, 0) is 77.0 Å². The second-order valence-corrected chi connectivity index (χ2v) is 18.1. The van der Waals surface area contributed by atoms with Crippen molar-refractivity contribution in [1.82, 2.24) is 0 Å². The first-order chi connectivity index (χ1) is 31.5. The molecule has 1 atom stereocenters. The van der Waals surface area contributed by atoms with Crippen molar-refractivity contribution in [2.24, 2.45) is 0 Å². The van der Waals surface area contributed by atoms with E-state index < -0.39 is 6.10 Å². The van der Waals surface area contributed by atoms with Crippen molar-refractivity contribution in [3.8, 4) is 0 Å². The molecule has 0 aliphatic rings. The number of unbranched alkanes of at least 4 members (excludes halogenated alkanes) is 28. The largest absolute Gasteiger partial charge is 0.462 e. The van der Waals surface area contributed by atoms with Gasteiger partial charge in [-0.3, -0.25) is 14.4 Å². The lowest BCUT2D eigenvalue weighted by molar-refractivity contribution is -0.167. The Labute approximate surface area is 396 Å². The standard InChI is InChI=1S/C58H102O6/c1-4-7-10-13-16-19-22-24-26-28-30-31-33-36-39-42-45-48-51-57(60)63-54-55(53-62-56(59)50-47-44-41-38-35-21-18-15-12-9-6-3)64-58(61)52-49-46-43-40-37-34-32-29-27-25-23-20-17-14-11-8-5-2/h9,12,17-18,20-21,25,27,38,41,55H,4-8,10-11,13-16,19,22-24,26,28-37,39-40,42-54H2,1-3H3/b12-9-,20-17-,21-18-,27-25-,41-38-. The molecular weight excluding hydrogens is 793 g/mol. The minimum Gasteiger partial charge on any atom is -0.462 e. The number of esters is 3. The summed E-state index contributed by atoms with van der Waals surface area (Å²) in [6, 6.07) is 0. The maximum atomic E-state index is 12.8. The Morgan fingerprint density at radius 1 is 0.328 bits per heavy atom. The summed E-state index contributed by atoms with van der Waals surface area (Å²) < 4.78 is 16.8. The monoisotopic (exact) mass is 895 g/mol. The number of carbonyl (C=O) groups is 3. The number of hydrogen-bond acceptors (Lipinski definition) is 6. The zero-order valence-electron chi connectivity index (χ0n) is 42.3. The van der Waals surface area contributed by atoms with Crippen LogP contribution in [-0.2, 0) is 28.6 Å². The van der Waals surface area contributed by atoms with Gasteiger partial charge in [0.1, 0.15) is 13.2 Å².